The molecule has 0 amide bonds. The first-order valence-corrected chi connectivity index (χ1v) is 7.50. The summed E-state index contributed by atoms with van der Waals surface area (Å²) in [5.41, 5.74) is 11.2. The van der Waals surface area contributed by atoms with E-state index in [1.54, 1.807) is 11.3 Å². The van der Waals surface area contributed by atoms with Crippen LogP contribution in [0.5, 0.6) is 0 Å². The van der Waals surface area contributed by atoms with Gasteiger partial charge in [-0.15, -0.1) is 11.3 Å². The highest BCUT2D eigenvalue weighted by atomic mass is 32.1. The van der Waals surface area contributed by atoms with Crippen LogP contribution in [0.4, 0.5) is 17.1 Å². The summed E-state index contributed by atoms with van der Waals surface area (Å²) in [5, 5.41) is 4.49. The van der Waals surface area contributed by atoms with Crippen molar-refractivity contribution in [2.75, 3.05) is 11.1 Å². The molecule has 4 heteroatoms. The topological polar surface area (TPSA) is 50.9 Å². The van der Waals surface area contributed by atoms with Gasteiger partial charge in [0.15, 0.2) is 0 Å². The Morgan fingerprint density at radius 3 is 2.80 bits per heavy atom. The van der Waals surface area contributed by atoms with Crippen LogP contribution in [0.2, 0.25) is 0 Å². The third-order valence-electron chi connectivity index (χ3n) is 3.33. The Labute approximate surface area is 122 Å². The third-order valence-corrected chi connectivity index (χ3v) is 4.27. The summed E-state index contributed by atoms with van der Waals surface area (Å²) in [7, 11) is 0. The Hall–Kier alpha value is -2.07. The Kier molecular flexibility index (Phi) is 3.32. The van der Waals surface area contributed by atoms with Crippen LogP contribution in [0, 0.1) is 6.92 Å². The van der Waals surface area contributed by atoms with Gasteiger partial charge < -0.3 is 11.1 Å². The first-order chi connectivity index (χ1) is 9.67. The molecule has 0 spiro atoms. The summed E-state index contributed by atoms with van der Waals surface area (Å²) >= 11 is 1.67. The molecular formula is C16H17N3S. The van der Waals surface area contributed by atoms with E-state index in [0.29, 0.717) is 0 Å². The molecule has 102 valence electrons. The highest BCUT2D eigenvalue weighted by Crippen LogP contribution is 2.32. The third kappa shape index (κ3) is 2.34. The van der Waals surface area contributed by atoms with Crippen LogP contribution in [-0.2, 0) is 6.42 Å². The first kappa shape index (κ1) is 12.9. The van der Waals surface area contributed by atoms with Gasteiger partial charge in [0.05, 0.1) is 26.6 Å². The Bertz CT molecular complexity index is 762. The molecule has 3 rings (SSSR count). The average Bonchev–Trinajstić information content (AvgIpc) is 2.79. The predicted molar refractivity (Wildman–Crippen MR) is 87.9 cm³/mol. The van der Waals surface area contributed by atoms with Crippen molar-refractivity contribution in [1.29, 1.82) is 0 Å². The van der Waals surface area contributed by atoms with Gasteiger partial charge in [-0.05, 0) is 37.1 Å². The molecule has 1 aromatic heterocycles. The molecule has 0 aliphatic heterocycles. The fourth-order valence-electron chi connectivity index (χ4n) is 2.31. The quantitative estimate of drug-likeness (QED) is 0.696. The molecule has 3 N–H and O–H groups in total. The van der Waals surface area contributed by atoms with Gasteiger partial charge in [-0.3, -0.25) is 0 Å². The molecule has 2 aromatic carbocycles. The number of hydrogen-bond donors (Lipinski definition) is 2. The first-order valence-electron chi connectivity index (χ1n) is 6.69. The van der Waals surface area contributed by atoms with Crippen molar-refractivity contribution >= 4 is 38.6 Å². The lowest BCUT2D eigenvalue weighted by molar-refractivity contribution is 1.14. The van der Waals surface area contributed by atoms with Gasteiger partial charge in [-0.25, -0.2) is 4.98 Å². The summed E-state index contributed by atoms with van der Waals surface area (Å²) in [6, 6.07) is 12.3. The standard InChI is InChI=1S/C16H17N3S/c1-3-11-6-4-5-7-13(11)19-14-9-15-16(8-12(14)17)20-10(2)18-15/h4-9,19H,3,17H2,1-2H3. The van der Waals surface area contributed by atoms with Gasteiger partial charge in [0.25, 0.3) is 0 Å². The zero-order valence-corrected chi connectivity index (χ0v) is 12.4. The van der Waals surface area contributed by atoms with Gasteiger partial charge in [-0.2, -0.15) is 0 Å². The smallest absolute Gasteiger partial charge is 0.0907 e. The van der Waals surface area contributed by atoms with Gasteiger partial charge in [0, 0.05) is 5.69 Å². The van der Waals surface area contributed by atoms with E-state index in [2.05, 4.69) is 35.4 Å². The molecule has 0 atom stereocenters. The lowest BCUT2D eigenvalue weighted by Gasteiger charge is -2.12. The van der Waals surface area contributed by atoms with E-state index in [-0.39, 0.29) is 0 Å². The largest absolute Gasteiger partial charge is 0.397 e. The summed E-state index contributed by atoms with van der Waals surface area (Å²) in [6.45, 7) is 4.16. The molecule has 3 nitrogen and oxygen atoms in total. The Balaban J connectivity index is 2.03. The van der Waals surface area contributed by atoms with Crippen molar-refractivity contribution in [3.63, 3.8) is 0 Å². The molecule has 0 fully saturated rings. The average molecular weight is 283 g/mol. The van der Waals surface area contributed by atoms with Gasteiger partial charge in [-0.1, -0.05) is 25.1 Å². The number of aryl methyl sites for hydroxylation is 2. The van der Waals surface area contributed by atoms with Crippen LogP contribution < -0.4 is 11.1 Å². The number of nitrogens with two attached hydrogens (primary N) is 1. The summed E-state index contributed by atoms with van der Waals surface area (Å²) < 4.78 is 1.13. The molecule has 0 unspecified atom stereocenters. The normalized spacial score (nSPS) is 10.9. The maximum Gasteiger partial charge on any atom is 0.0907 e. The minimum Gasteiger partial charge on any atom is -0.397 e. The molecule has 3 aromatic rings. The molecule has 0 radical (unpaired) electrons. The number of nitrogen functional groups attached to an aromatic ring is 1. The summed E-state index contributed by atoms with van der Waals surface area (Å²) in [6.07, 6.45) is 0.987. The van der Waals surface area contributed by atoms with Crippen LogP contribution in [0.15, 0.2) is 36.4 Å². The lowest BCUT2D eigenvalue weighted by Crippen LogP contribution is -1.98. The highest BCUT2D eigenvalue weighted by Gasteiger charge is 2.08. The molecule has 20 heavy (non-hydrogen) atoms. The number of thiazole rings is 1. The predicted octanol–water partition coefficient (Wildman–Crippen LogP) is 4.49. The number of para-hydroxylation sites is 1. The highest BCUT2D eigenvalue weighted by molar-refractivity contribution is 7.18. The summed E-state index contributed by atoms with van der Waals surface area (Å²) in [4.78, 5) is 4.52. The fourth-order valence-corrected chi connectivity index (χ4v) is 3.17. The molecule has 0 saturated carbocycles. The molecule has 0 bridgehead atoms. The number of benzene rings is 2. The number of hydrogen-bond acceptors (Lipinski definition) is 4. The minimum absolute atomic E-state index is 0.757. The van der Waals surface area contributed by atoms with Crippen LogP contribution in [-0.4, -0.2) is 4.98 Å². The minimum atomic E-state index is 0.757. The van der Waals surface area contributed by atoms with Gasteiger partial charge in [0.2, 0.25) is 0 Å². The van der Waals surface area contributed by atoms with Crippen molar-refractivity contribution in [2.24, 2.45) is 0 Å². The van der Waals surface area contributed by atoms with E-state index in [9.17, 15) is 0 Å². The zero-order valence-electron chi connectivity index (χ0n) is 11.6. The van der Waals surface area contributed by atoms with E-state index >= 15 is 0 Å². The SMILES string of the molecule is CCc1ccccc1Nc1cc2nc(C)sc2cc1N. The molecule has 0 aliphatic carbocycles. The van der Waals surface area contributed by atoms with Crippen molar-refractivity contribution in [1.82, 2.24) is 4.98 Å². The van der Waals surface area contributed by atoms with Crippen molar-refractivity contribution < 1.29 is 0 Å². The fraction of sp³-hybridized carbons (Fsp3) is 0.188. The second-order valence-electron chi connectivity index (χ2n) is 4.78. The van der Waals surface area contributed by atoms with Crippen LogP contribution in [0.3, 0.4) is 0 Å². The lowest BCUT2D eigenvalue weighted by atomic mass is 10.1. The second kappa shape index (κ2) is 5.13. The van der Waals surface area contributed by atoms with Crippen LogP contribution >= 0.6 is 11.3 Å². The monoisotopic (exact) mass is 283 g/mol. The van der Waals surface area contributed by atoms with E-state index in [4.69, 9.17) is 5.73 Å². The molecular weight excluding hydrogens is 266 g/mol. The number of rotatable bonds is 3. The van der Waals surface area contributed by atoms with E-state index in [1.807, 2.05) is 25.1 Å². The Morgan fingerprint density at radius 1 is 1.20 bits per heavy atom. The molecule has 1 heterocycles. The zero-order chi connectivity index (χ0) is 14.1. The van der Waals surface area contributed by atoms with Crippen molar-refractivity contribution in [2.45, 2.75) is 20.3 Å². The van der Waals surface area contributed by atoms with Crippen LogP contribution in [0.25, 0.3) is 10.2 Å². The number of nitrogens with one attached hydrogen (secondary N) is 1. The molecule has 0 saturated heterocycles. The van der Waals surface area contributed by atoms with Gasteiger partial charge in [0.1, 0.15) is 0 Å². The van der Waals surface area contributed by atoms with Crippen molar-refractivity contribution in [3.8, 4) is 0 Å². The maximum absolute atomic E-state index is 6.15. The number of aromatic nitrogens is 1. The number of nitrogens with zero attached hydrogens (tertiary/aromatic N) is 1. The maximum atomic E-state index is 6.15. The van der Waals surface area contributed by atoms with Gasteiger partial charge >= 0.3 is 0 Å². The van der Waals surface area contributed by atoms with E-state index in [0.717, 1.165) is 38.7 Å². The Morgan fingerprint density at radius 2 is 2.00 bits per heavy atom. The van der Waals surface area contributed by atoms with Crippen molar-refractivity contribution in [3.05, 3.63) is 47.0 Å². The van der Waals surface area contributed by atoms with E-state index in [1.165, 1.54) is 5.56 Å². The van der Waals surface area contributed by atoms with E-state index < -0.39 is 0 Å². The molecule has 0 aliphatic rings. The number of anilines is 3. The second-order valence-corrected chi connectivity index (χ2v) is 6.01. The summed E-state index contributed by atoms with van der Waals surface area (Å²) in [5.74, 6) is 0. The number of fused-ring (bicyclic) bond motifs is 1. The van der Waals surface area contributed by atoms with Crippen LogP contribution in [0.1, 0.15) is 17.5 Å².